The van der Waals surface area contributed by atoms with E-state index in [4.69, 9.17) is 10.1 Å². The number of hydrogen-bond donors (Lipinski definition) is 3. The summed E-state index contributed by atoms with van der Waals surface area (Å²) in [6, 6.07) is 13.8. The number of rotatable bonds is 8. The van der Waals surface area contributed by atoms with Crippen LogP contribution < -0.4 is 0 Å². The number of carboxylic acid groups (broad SMARTS) is 1. The number of nitrogens with zero attached hydrogens (tertiary/aromatic N) is 3. The molecule has 4 aromatic rings. The zero-order valence-electron chi connectivity index (χ0n) is 18.9. The fraction of sp³-hybridized carbons (Fsp3) is 0.192. The highest BCUT2D eigenvalue weighted by atomic mass is 19.1. The zero-order valence-corrected chi connectivity index (χ0v) is 18.9. The molecule has 0 radical (unpaired) electrons. The molecule has 0 spiro atoms. The summed E-state index contributed by atoms with van der Waals surface area (Å²) < 4.78 is 13.8. The van der Waals surface area contributed by atoms with E-state index in [-0.39, 0.29) is 12.3 Å². The van der Waals surface area contributed by atoms with E-state index in [2.05, 4.69) is 14.9 Å². The third kappa shape index (κ3) is 5.29. The number of halogens is 1. The van der Waals surface area contributed by atoms with Gasteiger partial charge in [0.1, 0.15) is 5.82 Å². The van der Waals surface area contributed by atoms with Crippen LogP contribution in [0, 0.1) is 5.82 Å². The van der Waals surface area contributed by atoms with Gasteiger partial charge in [-0.25, -0.2) is 9.38 Å². The van der Waals surface area contributed by atoms with Crippen LogP contribution in [0.3, 0.4) is 0 Å². The van der Waals surface area contributed by atoms with Crippen molar-refractivity contribution in [3.05, 3.63) is 89.0 Å². The van der Waals surface area contributed by atoms with Gasteiger partial charge in [0, 0.05) is 36.3 Å². The Hall–Kier alpha value is -4.04. The van der Waals surface area contributed by atoms with Crippen molar-refractivity contribution in [1.29, 1.82) is 0 Å². The van der Waals surface area contributed by atoms with Crippen molar-refractivity contribution in [3.63, 3.8) is 0 Å². The number of fused-ring (bicyclic) bond motifs is 1. The quantitative estimate of drug-likeness (QED) is 0.332. The first-order valence-electron chi connectivity index (χ1n) is 10.8. The van der Waals surface area contributed by atoms with Crippen molar-refractivity contribution in [3.8, 4) is 5.88 Å². The SMILES string of the molecule is CN(C)Cc1ccc(N=C(c2cncc(CCC(=O)O)c2)c2c(O)[nH]c3cc(F)ccc23)cc1. The van der Waals surface area contributed by atoms with Gasteiger partial charge >= 0.3 is 5.97 Å². The molecule has 2 aromatic heterocycles. The van der Waals surface area contributed by atoms with E-state index in [0.29, 0.717) is 39.8 Å². The maximum atomic E-state index is 13.8. The third-order valence-electron chi connectivity index (χ3n) is 5.35. The number of carbonyl (C=O) groups is 1. The predicted molar refractivity (Wildman–Crippen MR) is 129 cm³/mol. The molecule has 2 heterocycles. The Labute approximate surface area is 196 Å². The van der Waals surface area contributed by atoms with Gasteiger partial charge in [0.15, 0.2) is 5.88 Å². The van der Waals surface area contributed by atoms with Crippen LogP contribution in [0.2, 0.25) is 0 Å². The number of H-pyrrole nitrogens is 1. The van der Waals surface area contributed by atoms with Crippen LogP contribution in [0.25, 0.3) is 10.9 Å². The van der Waals surface area contributed by atoms with E-state index in [1.54, 1.807) is 18.5 Å². The average molecular weight is 461 g/mol. The molecule has 2 aromatic carbocycles. The molecule has 0 aliphatic heterocycles. The molecule has 0 atom stereocenters. The Balaban J connectivity index is 1.84. The first-order chi connectivity index (χ1) is 16.3. The van der Waals surface area contributed by atoms with Gasteiger partial charge in [0.25, 0.3) is 0 Å². The van der Waals surface area contributed by atoms with E-state index in [9.17, 15) is 14.3 Å². The molecule has 4 rings (SSSR count). The van der Waals surface area contributed by atoms with Crippen LogP contribution in [0.1, 0.15) is 28.7 Å². The largest absolute Gasteiger partial charge is 0.494 e. The first-order valence-corrected chi connectivity index (χ1v) is 10.8. The normalized spacial score (nSPS) is 11.9. The van der Waals surface area contributed by atoms with Crippen molar-refractivity contribution in [2.24, 2.45) is 4.99 Å². The predicted octanol–water partition coefficient (Wildman–Crippen LogP) is 4.66. The molecule has 0 amide bonds. The summed E-state index contributed by atoms with van der Waals surface area (Å²) in [7, 11) is 3.99. The lowest BCUT2D eigenvalue weighted by molar-refractivity contribution is -0.136. The molecule has 0 unspecified atom stereocenters. The molecule has 0 aliphatic carbocycles. The number of benzene rings is 2. The summed E-state index contributed by atoms with van der Waals surface area (Å²) in [5, 5.41) is 20.4. The average Bonchev–Trinajstić information content (AvgIpc) is 3.11. The number of carboxylic acids is 1. The number of aliphatic carboxylic acids is 1. The van der Waals surface area contributed by atoms with E-state index >= 15 is 0 Å². The number of aromatic nitrogens is 2. The van der Waals surface area contributed by atoms with E-state index in [1.165, 1.54) is 12.1 Å². The summed E-state index contributed by atoms with van der Waals surface area (Å²) >= 11 is 0. The lowest BCUT2D eigenvalue weighted by Gasteiger charge is -2.11. The number of aromatic amines is 1. The summed E-state index contributed by atoms with van der Waals surface area (Å²) in [5.74, 6) is -1.46. The molecule has 7 nitrogen and oxygen atoms in total. The second-order valence-electron chi connectivity index (χ2n) is 8.38. The second-order valence-corrected chi connectivity index (χ2v) is 8.38. The van der Waals surface area contributed by atoms with Crippen molar-refractivity contribution < 1.29 is 19.4 Å². The minimum absolute atomic E-state index is 0.0252. The standard InChI is InChI=1S/C26H25FN4O3/c1-31(2)15-16-3-7-20(8-4-16)29-25(18-11-17(13-28-14-18)5-10-23(32)33)24-21-9-6-19(27)12-22(21)30-26(24)34/h3-4,6-9,11-14,30,34H,5,10,15H2,1-2H3,(H,32,33). The van der Waals surface area contributed by atoms with Gasteiger partial charge in [-0.3, -0.25) is 9.78 Å². The third-order valence-corrected chi connectivity index (χ3v) is 5.35. The Kier molecular flexibility index (Phi) is 6.70. The van der Waals surface area contributed by atoms with E-state index in [1.807, 2.05) is 44.4 Å². The maximum Gasteiger partial charge on any atom is 0.303 e. The van der Waals surface area contributed by atoms with Crippen LogP contribution in [-0.2, 0) is 17.8 Å². The fourth-order valence-electron chi connectivity index (χ4n) is 3.84. The number of aryl methyl sites for hydroxylation is 1. The molecule has 3 N–H and O–H groups in total. The van der Waals surface area contributed by atoms with Gasteiger partial charge < -0.3 is 20.1 Å². The Morgan fingerprint density at radius 1 is 1.09 bits per heavy atom. The van der Waals surface area contributed by atoms with E-state index < -0.39 is 11.8 Å². The zero-order chi connectivity index (χ0) is 24.2. The molecule has 8 heteroatoms. The second kappa shape index (κ2) is 9.84. The molecule has 0 fully saturated rings. The Bertz CT molecular complexity index is 1360. The van der Waals surface area contributed by atoms with Gasteiger partial charge in [-0.05, 0) is 68.0 Å². The summed E-state index contributed by atoms with van der Waals surface area (Å²) in [5.41, 5.74) is 4.46. The van der Waals surface area contributed by atoms with Crippen molar-refractivity contribution in [1.82, 2.24) is 14.9 Å². The van der Waals surface area contributed by atoms with E-state index in [0.717, 1.165) is 17.7 Å². The fourth-order valence-corrected chi connectivity index (χ4v) is 3.84. The van der Waals surface area contributed by atoms with Crippen molar-refractivity contribution >= 4 is 28.3 Å². The molecule has 34 heavy (non-hydrogen) atoms. The number of nitrogens with one attached hydrogen (secondary N) is 1. The molecule has 0 saturated heterocycles. The summed E-state index contributed by atoms with van der Waals surface area (Å²) in [6.07, 6.45) is 3.52. The minimum Gasteiger partial charge on any atom is -0.494 e. The monoisotopic (exact) mass is 460 g/mol. The molecule has 0 saturated carbocycles. The Morgan fingerprint density at radius 2 is 1.85 bits per heavy atom. The topological polar surface area (TPSA) is 102 Å². The van der Waals surface area contributed by atoms with Gasteiger partial charge in [0.2, 0.25) is 0 Å². The highest BCUT2D eigenvalue weighted by Crippen LogP contribution is 2.32. The number of hydrogen-bond acceptors (Lipinski definition) is 5. The number of pyridine rings is 1. The number of aromatic hydroxyl groups is 1. The van der Waals surface area contributed by atoms with Crippen molar-refractivity contribution in [2.45, 2.75) is 19.4 Å². The molecule has 174 valence electrons. The highest BCUT2D eigenvalue weighted by molar-refractivity contribution is 6.21. The minimum atomic E-state index is -0.895. The highest BCUT2D eigenvalue weighted by Gasteiger charge is 2.20. The lowest BCUT2D eigenvalue weighted by atomic mass is 10.00. The molecular weight excluding hydrogens is 435 g/mol. The van der Waals surface area contributed by atoms with Gasteiger partial charge in [-0.1, -0.05) is 12.1 Å². The summed E-state index contributed by atoms with van der Waals surface area (Å²) in [6.45, 7) is 0.793. The number of aliphatic imine (C=N–C) groups is 1. The van der Waals surface area contributed by atoms with Crippen LogP contribution in [0.5, 0.6) is 5.88 Å². The van der Waals surface area contributed by atoms with Crippen molar-refractivity contribution in [2.75, 3.05) is 14.1 Å². The maximum absolute atomic E-state index is 13.8. The molecule has 0 aliphatic rings. The van der Waals surface area contributed by atoms with Crippen LogP contribution in [0.4, 0.5) is 10.1 Å². The van der Waals surface area contributed by atoms with Crippen LogP contribution in [0.15, 0.2) is 65.9 Å². The first kappa shape index (κ1) is 23.1. The molecular formula is C26H25FN4O3. The lowest BCUT2D eigenvalue weighted by Crippen LogP contribution is -2.10. The van der Waals surface area contributed by atoms with Crippen LogP contribution >= 0.6 is 0 Å². The smallest absolute Gasteiger partial charge is 0.303 e. The van der Waals surface area contributed by atoms with Gasteiger partial charge in [-0.2, -0.15) is 0 Å². The summed E-state index contributed by atoms with van der Waals surface area (Å²) in [4.78, 5) is 25.0. The van der Waals surface area contributed by atoms with Crippen LogP contribution in [-0.4, -0.2) is 50.9 Å². The van der Waals surface area contributed by atoms with Gasteiger partial charge in [-0.15, -0.1) is 0 Å². The Morgan fingerprint density at radius 3 is 2.56 bits per heavy atom. The van der Waals surface area contributed by atoms with Gasteiger partial charge in [0.05, 0.1) is 22.5 Å². The molecule has 0 bridgehead atoms.